The van der Waals surface area contributed by atoms with Gasteiger partial charge in [-0.3, -0.25) is 4.79 Å². The van der Waals surface area contributed by atoms with E-state index in [4.69, 9.17) is 0 Å². The fourth-order valence-electron chi connectivity index (χ4n) is 1.22. The van der Waals surface area contributed by atoms with Crippen molar-refractivity contribution in [3.8, 4) is 5.75 Å². The third kappa shape index (κ3) is 4.65. The maximum atomic E-state index is 11.9. The third-order valence-corrected chi connectivity index (χ3v) is 2.34. The van der Waals surface area contributed by atoms with E-state index in [1.54, 1.807) is 0 Å². The van der Waals surface area contributed by atoms with Crippen molar-refractivity contribution < 1.29 is 22.7 Å². The Morgan fingerprint density at radius 2 is 1.89 bits per heavy atom. The number of halogens is 3. The number of nitrogens with one attached hydrogen (secondary N) is 1. The first-order valence-corrected chi connectivity index (χ1v) is 5.48. The second-order valence-corrected chi connectivity index (χ2v) is 3.85. The zero-order valence-electron chi connectivity index (χ0n) is 10.0. The van der Waals surface area contributed by atoms with Crippen molar-refractivity contribution in [2.45, 2.75) is 32.7 Å². The van der Waals surface area contributed by atoms with Gasteiger partial charge in [-0.05, 0) is 37.6 Å². The Labute approximate surface area is 103 Å². The van der Waals surface area contributed by atoms with E-state index in [2.05, 4.69) is 10.1 Å². The number of ether oxygens (including phenoxy) is 1. The van der Waals surface area contributed by atoms with Gasteiger partial charge in [0, 0.05) is 11.6 Å². The Morgan fingerprint density at radius 3 is 2.33 bits per heavy atom. The zero-order valence-corrected chi connectivity index (χ0v) is 10.0. The van der Waals surface area contributed by atoms with Gasteiger partial charge in [0.25, 0.3) is 5.91 Å². The van der Waals surface area contributed by atoms with Crippen LogP contribution >= 0.6 is 0 Å². The number of hydrogen-bond donors (Lipinski definition) is 1. The van der Waals surface area contributed by atoms with Crippen molar-refractivity contribution in [2.75, 3.05) is 0 Å². The van der Waals surface area contributed by atoms with Crippen LogP contribution in [0.3, 0.4) is 0 Å². The summed E-state index contributed by atoms with van der Waals surface area (Å²) in [6.07, 6.45) is -3.94. The highest BCUT2D eigenvalue weighted by molar-refractivity contribution is 5.94. The van der Waals surface area contributed by atoms with Crippen molar-refractivity contribution in [2.24, 2.45) is 0 Å². The summed E-state index contributed by atoms with van der Waals surface area (Å²) in [6.45, 7) is 3.77. The van der Waals surface area contributed by atoms with Crippen LogP contribution in [-0.2, 0) is 0 Å². The number of rotatable bonds is 4. The maximum absolute atomic E-state index is 11.9. The molecule has 100 valence electrons. The lowest BCUT2D eigenvalue weighted by molar-refractivity contribution is -0.274. The topological polar surface area (TPSA) is 38.3 Å². The van der Waals surface area contributed by atoms with E-state index in [1.165, 1.54) is 12.1 Å². The molecule has 0 saturated carbocycles. The average molecular weight is 261 g/mol. The fourth-order valence-corrected chi connectivity index (χ4v) is 1.22. The van der Waals surface area contributed by atoms with E-state index >= 15 is 0 Å². The first-order chi connectivity index (χ1) is 8.31. The second kappa shape index (κ2) is 5.75. The number of carbonyl (C=O) groups is 1. The van der Waals surface area contributed by atoms with Gasteiger partial charge in [-0.1, -0.05) is 6.92 Å². The Balaban J connectivity index is 2.68. The van der Waals surface area contributed by atoms with Crippen LogP contribution < -0.4 is 10.1 Å². The molecule has 0 saturated heterocycles. The van der Waals surface area contributed by atoms with Crippen molar-refractivity contribution in [1.29, 1.82) is 0 Å². The lowest BCUT2D eigenvalue weighted by Gasteiger charge is -2.12. The van der Waals surface area contributed by atoms with E-state index < -0.39 is 6.36 Å². The van der Waals surface area contributed by atoms with Gasteiger partial charge < -0.3 is 10.1 Å². The highest BCUT2D eigenvalue weighted by atomic mass is 19.4. The summed E-state index contributed by atoms with van der Waals surface area (Å²) in [5, 5.41) is 2.71. The smallest absolute Gasteiger partial charge is 0.406 e. The molecule has 0 fully saturated rings. The highest BCUT2D eigenvalue weighted by Gasteiger charge is 2.31. The van der Waals surface area contributed by atoms with E-state index in [0.29, 0.717) is 5.56 Å². The van der Waals surface area contributed by atoms with Crippen LogP contribution in [0.2, 0.25) is 0 Å². The lowest BCUT2D eigenvalue weighted by Crippen LogP contribution is -2.31. The van der Waals surface area contributed by atoms with Crippen molar-refractivity contribution in [1.82, 2.24) is 5.32 Å². The number of carbonyl (C=O) groups excluding carboxylic acids is 1. The SMILES string of the molecule is CCC(C)NC(=O)c1ccc(OC(F)(F)F)cc1. The van der Waals surface area contributed by atoms with E-state index in [9.17, 15) is 18.0 Å². The largest absolute Gasteiger partial charge is 0.573 e. The highest BCUT2D eigenvalue weighted by Crippen LogP contribution is 2.22. The monoisotopic (exact) mass is 261 g/mol. The molecule has 1 rings (SSSR count). The normalized spacial score (nSPS) is 12.9. The molecule has 0 aromatic heterocycles. The minimum Gasteiger partial charge on any atom is -0.406 e. The van der Waals surface area contributed by atoms with Crippen LogP contribution in [0.25, 0.3) is 0 Å². The van der Waals surface area contributed by atoms with Crippen molar-refractivity contribution in [3.63, 3.8) is 0 Å². The van der Waals surface area contributed by atoms with Crippen LogP contribution in [-0.4, -0.2) is 18.3 Å². The summed E-state index contributed by atoms with van der Waals surface area (Å²) in [5.41, 5.74) is 0.296. The molecule has 0 heterocycles. The first kappa shape index (κ1) is 14.3. The number of benzene rings is 1. The molecule has 0 aliphatic rings. The Kier molecular flexibility index (Phi) is 4.58. The molecule has 1 aromatic rings. The van der Waals surface area contributed by atoms with Crippen LogP contribution in [0.15, 0.2) is 24.3 Å². The van der Waals surface area contributed by atoms with Crippen molar-refractivity contribution in [3.05, 3.63) is 29.8 Å². The summed E-state index contributed by atoms with van der Waals surface area (Å²) < 4.78 is 39.5. The van der Waals surface area contributed by atoms with Gasteiger partial charge in [0.1, 0.15) is 5.75 Å². The molecule has 1 aromatic carbocycles. The number of hydrogen-bond acceptors (Lipinski definition) is 2. The lowest BCUT2D eigenvalue weighted by atomic mass is 10.2. The molecule has 6 heteroatoms. The summed E-state index contributed by atoms with van der Waals surface area (Å²) in [5.74, 6) is -0.662. The van der Waals surface area contributed by atoms with Crippen LogP contribution in [0.4, 0.5) is 13.2 Å². The first-order valence-electron chi connectivity index (χ1n) is 5.48. The molecule has 1 amide bonds. The van der Waals surface area contributed by atoms with Gasteiger partial charge in [0.15, 0.2) is 0 Å². The molecule has 0 radical (unpaired) electrons. The van der Waals surface area contributed by atoms with Crippen molar-refractivity contribution >= 4 is 5.91 Å². The zero-order chi connectivity index (χ0) is 13.8. The average Bonchev–Trinajstić information content (AvgIpc) is 2.27. The quantitative estimate of drug-likeness (QED) is 0.904. The summed E-state index contributed by atoms with van der Waals surface area (Å²) in [6, 6.07) is 4.82. The van der Waals surface area contributed by atoms with E-state index in [1.807, 2.05) is 13.8 Å². The Hall–Kier alpha value is -1.72. The fraction of sp³-hybridized carbons (Fsp3) is 0.417. The van der Waals surface area contributed by atoms with Crippen LogP contribution in [0.1, 0.15) is 30.6 Å². The Bertz CT molecular complexity index is 401. The Morgan fingerprint density at radius 1 is 1.33 bits per heavy atom. The van der Waals surface area contributed by atoms with Gasteiger partial charge in [-0.25, -0.2) is 0 Å². The molecule has 3 nitrogen and oxygen atoms in total. The van der Waals surface area contributed by atoms with Gasteiger partial charge in [-0.15, -0.1) is 13.2 Å². The molecule has 0 bridgehead atoms. The van der Waals surface area contributed by atoms with Gasteiger partial charge in [0.05, 0.1) is 0 Å². The van der Waals surface area contributed by atoms with Crippen LogP contribution in [0.5, 0.6) is 5.75 Å². The molecule has 0 aliphatic carbocycles. The number of amides is 1. The molecule has 18 heavy (non-hydrogen) atoms. The molecule has 1 atom stereocenters. The predicted molar refractivity (Wildman–Crippen MR) is 60.3 cm³/mol. The van der Waals surface area contributed by atoms with E-state index in [0.717, 1.165) is 18.6 Å². The second-order valence-electron chi connectivity index (χ2n) is 3.85. The van der Waals surface area contributed by atoms with Gasteiger partial charge in [-0.2, -0.15) is 0 Å². The predicted octanol–water partition coefficient (Wildman–Crippen LogP) is 3.11. The third-order valence-electron chi connectivity index (χ3n) is 2.34. The molecule has 0 aliphatic heterocycles. The minimum absolute atomic E-state index is 0.0172. The van der Waals surface area contributed by atoms with E-state index in [-0.39, 0.29) is 17.7 Å². The standard InChI is InChI=1S/C12H14F3NO2/c1-3-8(2)16-11(17)9-4-6-10(7-5-9)18-12(13,14)15/h4-8H,3H2,1-2H3,(H,16,17). The molecular formula is C12H14F3NO2. The minimum atomic E-state index is -4.72. The molecule has 0 spiro atoms. The van der Waals surface area contributed by atoms with Crippen LogP contribution in [0, 0.1) is 0 Å². The van der Waals surface area contributed by atoms with Gasteiger partial charge >= 0.3 is 6.36 Å². The summed E-state index contributed by atoms with van der Waals surface area (Å²) >= 11 is 0. The molecular weight excluding hydrogens is 247 g/mol. The molecule has 1 N–H and O–H groups in total. The summed E-state index contributed by atoms with van der Waals surface area (Å²) in [7, 11) is 0. The maximum Gasteiger partial charge on any atom is 0.573 e. The summed E-state index contributed by atoms with van der Waals surface area (Å²) in [4.78, 5) is 11.6. The number of alkyl halides is 3. The molecule has 1 unspecified atom stereocenters. The van der Waals surface area contributed by atoms with Gasteiger partial charge in [0.2, 0.25) is 0 Å².